The van der Waals surface area contributed by atoms with Gasteiger partial charge in [0.1, 0.15) is 5.75 Å². The topological polar surface area (TPSA) is 61.8 Å². The van der Waals surface area contributed by atoms with Gasteiger partial charge < -0.3 is 14.2 Å². The van der Waals surface area contributed by atoms with E-state index in [2.05, 4.69) is 24.0 Å². The number of benzene rings is 5. The minimum absolute atomic E-state index is 0.0482. The minimum atomic E-state index is -1.59. The van der Waals surface area contributed by atoms with Crippen molar-refractivity contribution in [2.24, 2.45) is 5.41 Å². The first-order chi connectivity index (χ1) is 23.0. The lowest BCUT2D eigenvalue weighted by Crippen LogP contribution is -2.42. The summed E-state index contributed by atoms with van der Waals surface area (Å²) < 4.78 is 17.8. The van der Waals surface area contributed by atoms with E-state index in [-0.39, 0.29) is 12.8 Å². The maximum absolute atomic E-state index is 13.6. The van der Waals surface area contributed by atoms with Gasteiger partial charge in [0.15, 0.2) is 11.0 Å². The Morgan fingerprint density at radius 1 is 0.660 bits per heavy atom. The average molecular weight is 617 g/mol. The molecule has 5 nitrogen and oxygen atoms in total. The zero-order valence-electron chi connectivity index (χ0n) is 26.2. The molecule has 0 amide bonds. The monoisotopic (exact) mass is 616 g/mol. The molecule has 0 radical (unpaired) electrons. The van der Waals surface area contributed by atoms with Crippen LogP contribution < -0.4 is 4.74 Å². The zero-order valence-corrected chi connectivity index (χ0v) is 26.2. The van der Waals surface area contributed by atoms with Crippen molar-refractivity contribution in [1.29, 1.82) is 0 Å². The summed E-state index contributed by atoms with van der Waals surface area (Å²) in [7, 11) is 2.60. The molecule has 1 aliphatic carbocycles. The Bertz CT molecular complexity index is 2000. The zero-order chi connectivity index (χ0) is 32.4. The lowest BCUT2D eigenvalue weighted by molar-refractivity contribution is -0.168. The van der Waals surface area contributed by atoms with Crippen molar-refractivity contribution in [3.63, 3.8) is 0 Å². The van der Waals surface area contributed by atoms with Crippen LogP contribution >= 0.6 is 0 Å². The van der Waals surface area contributed by atoms with Crippen LogP contribution in [0.5, 0.6) is 5.75 Å². The highest BCUT2D eigenvalue weighted by Crippen LogP contribution is 2.54. The van der Waals surface area contributed by atoms with Crippen molar-refractivity contribution < 1.29 is 23.8 Å². The maximum atomic E-state index is 13.6. The summed E-state index contributed by atoms with van der Waals surface area (Å²) in [5, 5.41) is 0. The second kappa shape index (κ2) is 12.2. The lowest BCUT2D eigenvalue weighted by atomic mass is 9.80. The molecule has 47 heavy (non-hydrogen) atoms. The van der Waals surface area contributed by atoms with Gasteiger partial charge in [0.05, 0.1) is 14.2 Å². The summed E-state index contributed by atoms with van der Waals surface area (Å²) in [6, 6.07) is 39.9. The maximum Gasteiger partial charge on any atom is 0.323 e. The number of carbonyl (C=O) groups excluding carboxylic acids is 2. The molecule has 0 atom stereocenters. The van der Waals surface area contributed by atoms with Gasteiger partial charge >= 0.3 is 11.9 Å². The van der Waals surface area contributed by atoms with Gasteiger partial charge in [-0.1, -0.05) is 121 Å². The van der Waals surface area contributed by atoms with Gasteiger partial charge in [0, 0.05) is 51.8 Å². The SMILES string of the molecule is COC(=O)C1(C(=O)OC)Cc2c(C#Cc3ccccc3)c(-c3ccccc3)c3c(c2C1)OC(c1ccccc1)(c1ccccc1)C=C3. The van der Waals surface area contributed by atoms with E-state index < -0.39 is 23.0 Å². The molecule has 0 aromatic heterocycles. The first-order valence-electron chi connectivity index (χ1n) is 15.5. The van der Waals surface area contributed by atoms with Crippen LogP contribution in [0, 0.1) is 17.3 Å². The van der Waals surface area contributed by atoms with Crippen LogP contribution in [0.3, 0.4) is 0 Å². The van der Waals surface area contributed by atoms with E-state index >= 15 is 0 Å². The molecule has 1 heterocycles. The van der Waals surface area contributed by atoms with Crippen molar-refractivity contribution in [3.05, 3.63) is 166 Å². The molecule has 0 saturated heterocycles. The molecule has 0 bridgehead atoms. The summed E-state index contributed by atoms with van der Waals surface area (Å²) in [4.78, 5) is 27.2. The van der Waals surface area contributed by atoms with Gasteiger partial charge in [-0.2, -0.15) is 0 Å². The van der Waals surface area contributed by atoms with E-state index in [0.717, 1.165) is 50.1 Å². The third-order valence-electron chi connectivity index (χ3n) is 9.13. The second-order valence-corrected chi connectivity index (χ2v) is 11.8. The summed E-state index contributed by atoms with van der Waals surface area (Å²) in [6.45, 7) is 0. The predicted octanol–water partition coefficient (Wildman–Crippen LogP) is 7.53. The molecule has 7 rings (SSSR count). The fraction of sp³-hybridized carbons (Fsp3) is 0.143. The molecule has 0 spiro atoms. The number of methoxy groups -OCH3 is 2. The molecule has 5 aromatic carbocycles. The Morgan fingerprint density at radius 3 is 1.72 bits per heavy atom. The van der Waals surface area contributed by atoms with Crippen molar-refractivity contribution in [3.8, 4) is 28.7 Å². The first-order valence-corrected chi connectivity index (χ1v) is 15.5. The molecule has 2 aliphatic rings. The highest BCUT2D eigenvalue weighted by molar-refractivity contribution is 6.03. The molecule has 1 aliphatic heterocycles. The molecule has 0 N–H and O–H groups in total. The Labute approximate surface area is 274 Å². The van der Waals surface area contributed by atoms with Crippen molar-refractivity contribution in [1.82, 2.24) is 0 Å². The average Bonchev–Trinajstić information content (AvgIpc) is 3.57. The Kier molecular flexibility index (Phi) is 7.71. The van der Waals surface area contributed by atoms with Crippen molar-refractivity contribution in [2.45, 2.75) is 18.4 Å². The highest BCUT2D eigenvalue weighted by atomic mass is 16.5. The number of hydrogen-bond acceptors (Lipinski definition) is 5. The summed E-state index contributed by atoms with van der Waals surface area (Å²) in [5.74, 6) is 6.12. The third kappa shape index (κ3) is 4.99. The van der Waals surface area contributed by atoms with Crippen LogP contribution in [0.1, 0.15) is 38.9 Å². The number of carbonyl (C=O) groups is 2. The van der Waals surface area contributed by atoms with Gasteiger partial charge in [0.2, 0.25) is 0 Å². The van der Waals surface area contributed by atoms with E-state index in [1.165, 1.54) is 14.2 Å². The van der Waals surface area contributed by atoms with Crippen LogP contribution in [0.2, 0.25) is 0 Å². The third-order valence-corrected chi connectivity index (χ3v) is 9.13. The van der Waals surface area contributed by atoms with Crippen LogP contribution in [-0.2, 0) is 37.5 Å². The Hall–Kier alpha value is -5.86. The van der Waals surface area contributed by atoms with Gasteiger partial charge in [-0.15, -0.1) is 0 Å². The number of hydrogen-bond donors (Lipinski definition) is 0. The fourth-order valence-electron chi connectivity index (χ4n) is 6.88. The van der Waals surface area contributed by atoms with Crippen LogP contribution in [0.25, 0.3) is 17.2 Å². The van der Waals surface area contributed by atoms with Crippen molar-refractivity contribution in [2.75, 3.05) is 14.2 Å². The van der Waals surface area contributed by atoms with Crippen LogP contribution in [0.4, 0.5) is 0 Å². The fourth-order valence-corrected chi connectivity index (χ4v) is 6.88. The number of esters is 2. The quantitative estimate of drug-likeness (QED) is 0.116. The van der Waals surface area contributed by atoms with E-state index in [0.29, 0.717) is 5.75 Å². The predicted molar refractivity (Wildman–Crippen MR) is 181 cm³/mol. The second-order valence-electron chi connectivity index (χ2n) is 11.8. The van der Waals surface area contributed by atoms with Gasteiger partial charge in [-0.3, -0.25) is 9.59 Å². The normalized spacial score (nSPS) is 14.9. The Balaban J connectivity index is 1.56. The molecule has 0 unspecified atom stereocenters. The van der Waals surface area contributed by atoms with E-state index in [4.69, 9.17) is 14.2 Å². The van der Waals surface area contributed by atoms with Crippen LogP contribution in [0.15, 0.2) is 127 Å². The molecule has 5 aromatic rings. The molecule has 0 fully saturated rings. The summed E-state index contributed by atoms with van der Waals surface area (Å²) >= 11 is 0. The molecular weight excluding hydrogens is 584 g/mol. The summed E-state index contributed by atoms with van der Waals surface area (Å²) in [6.07, 6.45) is 4.30. The molecule has 0 saturated carbocycles. The smallest absolute Gasteiger partial charge is 0.323 e. The number of fused-ring (bicyclic) bond motifs is 3. The van der Waals surface area contributed by atoms with Gasteiger partial charge in [-0.05, 0) is 35.4 Å². The lowest BCUT2D eigenvalue weighted by Gasteiger charge is -2.38. The van der Waals surface area contributed by atoms with Gasteiger partial charge in [0.25, 0.3) is 0 Å². The number of rotatable bonds is 5. The molecule has 5 heteroatoms. The Morgan fingerprint density at radius 2 is 1.17 bits per heavy atom. The van der Waals surface area contributed by atoms with E-state index in [1.54, 1.807) is 0 Å². The molecular formula is C42H32O5. The van der Waals surface area contributed by atoms with Gasteiger partial charge in [-0.25, -0.2) is 0 Å². The first kappa shape index (κ1) is 29.8. The van der Waals surface area contributed by atoms with Crippen molar-refractivity contribution >= 4 is 18.0 Å². The van der Waals surface area contributed by atoms with E-state index in [9.17, 15) is 9.59 Å². The molecule has 230 valence electrons. The summed E-state index contributed by atoms with van der Waals surface area (Å²) in [5.41, 5.74) is 5.08. The standard InChI is InChI=1S/C42H32O5/c1-45-39(43)41(40(44)46-2)27-35-33(24-23-29-15-7-3-8-16-29)37(30-17-9-4-10-18-30)34-25-26-42(31-19-11-5-12-20-31,32-21-13-6-14-22-32)47-38(34)36(35)28-41/h3-22,25-26H,27-28H2,1-2H3. The number of ether oxygens (including phenoxy) is 3. The highest BCUT2D eigenvalue weighted by Gasteiger charge is 2.55. The largest absolute Gasteiger partial charge is 0.473 e. The van der Waals surface area contributed by atoms with Crippen LogP contribution in [-0.4, -0.2) is 26.2 Å². The minimum Gasteiger partial charge on any atom is -0.473 e. The van der Waals surface area contributed by atoms with E-state index in [1.807, 2.05) is 121 Å².